The number of anilines is 1. The summed E-state index contributed by atoms with van der Waals surface area (Å²) in [5.74, 6) is -2.01. The lowest BCUT2D eigenvalue weighted by Gasteiger charge is -2.14. The number of thioether (sulfide) groups is 2. The molecule has 4 aromatic rings. The summed E-state index contributed by atoms with van der Waals surface area (Å²) >= 11 is 2.50. The highest BCUT2D eigenvalue weighted by atomic mass is 32.2. The zero-order valence-electron chi connectivity index (χ0n) is 16.8. The van der Waals surface area contributed by atoms with Crippen molar-refractivity contribution in [2.75, 3.05) is 17.3 Å². The van der Waals surface area contributed by atoms with E-state index in [1.165, 1.54) is 17.8 Å². The molecule has 32 heavy (non-hydrogen) atoms. The Labute approximate surface area is 190 Å². The van der Waals surface area contributed by atoms with E-state index in [-0.39, 0.29) is 22.5 Å². The number of benzene rings is 3. The van der Waals surface area contributed by atoms with Crippen LogP contribution in [0.5, 0.6) is 0 Å². The Morgan fingerprint density at radius 1 is 1.06 bits per heavy atom. The molecule has 0 radical (unpaired) electrons. The molecule has 3 aromatic carbocycles. The molecule has 0 saturated carbocycles. The number of rotatable bonds is 6. The van der Waals surface area contributed by atoms with Gasteiger partial charge in [-0.25, -0.2) is 13.8 Å². The van der Waals surface area contributed by atoms with Gasteiger partial charge in [0.25, 0.3) is 5.56 Å². The molecule has 0 saturated heterocycles. The number of hydrogen-bond acceptors (Lipinski definition) is 5. The lowest BCUT2D eigenvalue weighted by atomic mass is 10.2. The van der Waals surface area contributed by atoms with E-state index in [9.17, 15) is 18.4 Å². The first-order valence-electron chi connectivity index (χ1n) is 9.51. The molecule has 1 heterocycles. The van der Waals surface area contributed by atoms with Crippen molar-refractivity contribution in [3.63, 3.8) is 0 Å². The SMILES string of the molecule is CSc1ccccc1NC(=O)CSc1nc2ccccc2c(=O)n1-c1ccc(F)cc1F. The van der Waals surface area contributed by atoms with Gasteiger partial charge in [-0.2, -0.15) is 0 Å². The third-order valence-corrected chi connectivity index (χ3v) is 6.34. The molecule has 0 spiro atoms. The molecule has 9 heteroatoms. The van der Waals surface area contributed by atoms with Gasteiger partial charge in [-0.05, 0) is 42.7 Å². The Morgan fingerprint density at radius 3 is 2.59 bits per heavy atom. The fourth-order valence-electron chi connectivity index (χ4n) is 3.15. The van der Waals surface area contributed by atoms with Gasteiger partial charge in [0, 0.05) is 11.0 Å². The number of para-hydroxylation sites is 2. The topological polar surface area (TPSA) is 64.0 Å². The minimum atomic E-state index is -0.899. The molecule has 0 aliphatic carbocycles. The van der Waals surface area contributed by atoms with Crippen LogP contribution in [-0.4, -0.2) is 27.5 Å². The summed E-state index contributed by atoms with van der Waals surface area (Å²) < 4.78 is 29.1. The highest BCUT2D eigenvalue weighted by Gasteiger charge is 2.18. The van der Waals surface area contributed by atoms with Gasteiger partial charge in [0.2, 0.25) is 5.91 Å². The Bertz CT molecular complexity index is 1380. The van der Waals surface area contributed by atoms with Gasteiger partial charge in [0.1, 0.15) is 11.6 Å². The number of nitrogens with zero attached hydrogens (tertiary/aromatic N) is 2. The maximum Gasteiger partial charge on any atom is 0.266 e. The van der Waals surface area contributed by atoms with E-state index in [0.29, 0.717) is 22.7 Å². The Hall–Kier alpha value is -3.17. The van der Waals surface area contributed by atoms with Crippen molar-refractivity contribution in [2.24, 2.45) is 0 Å². The molecular weight excluding hydrogens is 452 g/mol. The largest absolute Gasteiger partial charge is 0.324 e. The molecule has 0 aliphatic rings. The normalized spacial score (nSPS) is 11.0. The highest BCUT2D eigenvalue weighted by Crippen LogP contribution is 2.26. The van der Waals surface area contributed by atoms with Gasteiger partial charge in [-0.1, -0.05) is 36.0 Å². The number of carbonyl (C=O) groups excluding carboxylic acids is 1. The van der Waals surface area contributed by atoms with Crippen molar-refractivity contribution in [3.05, 3.63) is 88.7 Å². The summed E-state index contributed by atoms with van der Waals surface area (Å²) in [6.07, 6.45) is 1.91. The number of aromatic nitrogens is 2. The summed E-state index contributed by atoms with van der Waals surface area (Å²) in [4.78, 5) is 31.1. The van der Waals surface area contributed by atoms with Gasteiger partial charge >= 0.3 is 0 Å². The molecule has 1 aromatic heterocycles. The van der Waals surface area contributed by atoms with E-state index in [1.807, 2.05) is 24.5 Å². The first kappa shape index (κ1) is 22.0. The summed E-state index contributed by atoms with van der Waals surface area (Å²) in [5.41, 5.74) is 0.466. The van der Waals surface area contributed by atoms with Crippen LogP contribution < -0.4 is 10.9 Å². The summed E-state index contributed by atoms with van der Waals surface area (Å²) in [6, 6.07) is 17.0. The third-order valence-electron chi connectivity index (χ3n) is 4.61. The van der Waals surface area contributed by atoms with Gasteiger partial charge in [-0.15, -0.1) is 11.8 Å². The molecule has 0 atom stereocenters. The van der Waals surface area contributed by atoms with Crippen molar-refractivity contribution in [1.29, 1.82) is 0 Å². The Balaban J connectivity index is 1.70. The van der Waals surface area contributed by atoms with Gasteiger partial charge in [0.15, 0.2) is 5.16 Å². The predicted octanol–water partition coefficient (Wildman–Crippen LogP) is 5.12. The molecule has 5 nitrogen and oxygen atoms in total. The molecule has 1 N–H and O–H groups in total. The summed E-state index contributed by atoms with van der Waals surface area (Å²) in [6.45, 7) is 0. The van der Waals surface area contributed by atoms with Crippen molar-refractivity contribution in [2.45, 2.75) is 10.1 Å². The number of nitrogens with one attached hydrogen (secondary N) is 1. The van der Waals surface area contributed by atoms with Gasteiger partial charge < -0.3 is 5.32 Å². The minimum absolute atomic E-state index is 0.0592. The zero-order valence-corrected chi connectivity index (χ0v) is 18.5. The number of hydrogen-bond donors (Lipinski definition) is 1. The fourth-order valence-corrected chi connectivity index (χ4v) is 4.51. The average molecular weight is 470 g/mol. The number of carbonyl (C=O) groups is 1. The maximum atomic E-state index is 14.5. The maximum absolute atomic E-state index is 14.5. The molecule has 0 aliphatic heterocycles. The van der Waals surface area contributed by atoms with E-state index in [0.717, 1.165) is 27.3 Å². The van der Waals surface area contributed by atoms with Crippen molar-refractivity contribution in [1.82, 2.24) is 9.55 Å². The van der Waals surface area contributed by atoms with E-state index in [1.54, 1.807) is 30.3 Å². The molecule has 162 valence electrons. The zero-order chi connectivity index (χ0) is 22.7. The van der Waals surface area contributed by atoms with Crippen LogP contribution in [0.25, 0.3) is 16.6 Å². The monoisotopic (exact) mass is 469 g/mol. The highest BCUT2D eigenvalue weighted by molar-refractivity contribution is 7.99. The van der Waals surface area contributed by atoms with Crippen LogP contribution in [0.4, 0.5) is 14.5 Å². The lowest BCUT2D eigenvalue weighted by molar-refractivity contribution is -0.113. The average Bonchev–Trinajstić information content (AvgIpc) is 2.79. The first-order valence-corrected chi connectivity index (χ1v) is 11.7. The van der Waals surface area contributed by atoms with Crippen molar-refractivity contribution >= 4 is 46.0 Å². The second-order valence-electron chi connectivity index (χ2n) is 6.68. The molecule has 1 amide bonds. The molecule has 4 rings (SSSR count). The molecule has 0 fully saturated rings. The number of fused-ring (bicyclic) bond motifs is 1. The van der Waals surface area contributed by atoms with Gasteiger partial charge in [0.05, 0.1) is 28.0 Å². The van der Waals surface area contributed by atoms with Crippen LogP contribution >= 0.6 is 23.5 Å². The van der Waals surface area contributed by atoms with Crippen LogP contribution in [0.1, 0.15) is 0 Å². The Kier molecular flexibility index (Phi) is 6.57. The molecular formula is C23H17F2N3O2S2. The second-order valence-corrected chi connectivity index (χ2v) is 8.48. The van der Waals surface area contributed by atoms with Crippen molar-refractivity contribution < 1.29 is 13.6 Å². The summed E-state index contributed by atoms with van der Waals surface area (Å²) in [7, 11) is 0. The predicted molar refractivity (Wildman–Crippen MR) is 125 cm³/mol. The van der Waals surface area contributed by atoms with Crippen molar-refractivity contribution in [3.8, 4) is 5.69 Å². The quantitative estimate of drug-likeness (QED) is 0.314. The lowest BCUT2D eigenvalue weighted by Crippen LogP contribution is -2.23. The van der Waals surface area contributed by atoms with E-state index >= 15 is 0 Å². The standard InChI is InChI=1S/C23H17F2N3O2S2/c1-31-20-9-5-4-8-18(20)26-21(29)13-32-23-27-17-7-3-2-6-15(17)22(30)28(23)19-11-10-14(24)12-16(19)25/h2-12H,13H2,1H3,(H,26,29). The third kappa shape index (κ3) is 4.53. The molecule has 0 unspecified atom stereocenters. The Morgan fingerprint density at radius 2 is 1.81 bits per heavy atom. The van der Waals surface area contributed by atoms with E-state index in [4.69, 9.17) is 0 Å². The van der Waals surface area contributed by atoms with Crippen LogP contribution in [0.2, 0.25) is 0 Å². The van der Waals surface area contributed by atoms with Crippen LogP contribution in [0.15, 0.2) is 81.6 Å². The minimum Gasteiger partial charge on any atom is -0.324 e. The fraction of sp³-hybridized carbons (Fsp3) is 0.0870. The van der Waals surface area contributed by atoms with Crippen LogP contribution in [0, 0.1) is 11.6 Å². The number of amides is 1. The van der Waals surface area contributed by atoms with Crippen LogP contribution in [0.3, 0.4) is 0 Å². The smallest absolute Gasteiger partial charge is 0.266 e. The first-order chi connectivity index (χ1) is 15.5. The second kappa shape index (κ2) is 9.54. The summed E-state index contributed by atoms with van der Waals surface area (Å²) in [5, 5.41) is 3.26. The van der Waals surface area contributed by atoms with E-state index in [2.05, 4.69) is 10.3 Å². The van der Waals surface area contributed by atoms with Crippen LogP contribution in [-0.2, 0) is 4.79 Å². The van der Waals surface area contributed by atoms with E-state index < -0.39 is 17.2 Å². The number of halogens is 2. The molecule has 0 bridgehead atoms. The van der Waals surface area contributed by atoms with Gasteiger partial charge in [-0.3, -0.25) is 14.2 Å².